The van der Waals surface area contributed by atoms with E-state index in [1.165, 1.54) is 0 Å². The van der Waals surface area contributed by atoms with Crippen LogP contribution < -0.4 is 21.5 Å². The van der Waals surface area contributed by atoms with Crippen LogP contribution in [0.1, 0.15) is 30.1 Å². The number of unbranched alkanes of at least 4 members (excludes halogenated alkanes) is 1. The fourth-order valence-corrected chi connectivity index (χ4v) is 1.72. The van der Waals surface area contributed by atoms with Crippen molar-refractivity contribution in [1.82, 2.24) is 21.5 Å². The van der Waals surface area contributed by atoms with Gasteiger partial charge >= 0.3 is 6.03 Å². The van der Waals surface area contributed by atoms with Gasteiger partial charge in [-0.2, -0.15) is 0 Å². The molecule has 0 aliphatic carbocycles. The van der Waals surface area contributed by atoms with Crippen LogP contribution in [0.15, 0.2) is 28.7 Å². The van der Waals surface area contributed by atoms with Crippen molar-refractivity contribution >= 4 is 33.8 Å². The summed E-state index contributed by atoms with van der Waals surface area (Å²) in [5, 5.41) is 5.03. The van der Waals surface area contributed by atoms with Crippen molar-refractivity contribution in [3.8, 4) is 0 Å². The molecule has 1 aromatic rings. The molecule has 0 spiro atoms. The molecule has 0 bridgehead atoms. The molecular formula is C14H19BrN4O3. The zero-order valence-electron chi connectivity index (χ0n) is 12.2. The minimum atomic E-state index is -0.517. The maximum Gasteiger partial charge on any atom is 0.333 e. The number of amides is 4. The van der Waals surface area contributed by atoms with Crippen molar-refractivity contribution in [2.45, 2.75) is 19.8 Å². The number of carbonyl (C=O) groups is 3. The molecule has 0 saturated heterocycles. The monoisotopic (exact) mass is 370 g/mol. The van der Waals surface area contributed by atoms with Gasteiger partial charge in [-0.05, 0) is 30.7 Å². The largest absolute Gasteiger partial charge is 0.343 e. The molecule has 8 heteroatoms. The summed E-state index contributed by atoms with van der Waals surface area (Å²) in [6, 6.07) is 6.25. The summed E-state index contributed by atoms with van der Waals surface area (Å²) in [6.45, 7) is 2.32. The summed E-state index contributed by atoms with van der Waals surface area (Å²) in [5.41, 5.74) is 4.85. The van der Waals surface area contributed by atoms with Crippen LogP contribution in [0.2, 0.25) is 0 Å². The van der Waals surface area contributed by atoms with Gasteiger partial charge in [0.2, 0.25) is 0 Å². The highest BCUT2D eigenvalue weighted by molar-refractivity contribution is 9.10. The predicted molar refractivity (Wildman–Crippen MR) is 86.1 cm³/mol. The fourth-order valence-electron chi connectivity index (χ4n) is 1.46. The van der Waals surface area contributed by atoms with E-state index in [2.05, 4.69) is 37.4 Å². The van der Waals surface area contributed by atoms with E-state index < -0.39 is 11.9 Å². The molecule has 0 aliphatic heterocycles. The van der Waals surface area contributed by atoms with E-state index in [0.29, 0.717) is 12.1 Å². The third kappa shape index (κ3) is 7.07. The standard InChI is InChI=1S/C14H19BrN4O3/c1-2-3-8-16-14(22)19-18-12(20)9-17-13(21)10-4-6-11(15)7-5-10/h4-7H,2-3,8-9H2,1H3,(H,17,21)(H,18,20)(H2,16,19,22). The average Bonchev–Trinajstić information content (AvgIpc) is 2.51. The molecule has 0 atom stereocenters. The topological polar surface area (TPSA) is 99.3 Å². The molecule has 0 aromatic heterocycles. The van der Waals surface area contributed by atoms with Gasteiger partial charge in [0, 0.05) is 16.6 Å². The first kappa shape index (κ1) is 18.0. The van der Waals surface area contributed by atoms with Gasteiger partial charge in [-0.1, -0.05) is 29.3 Å². The number of carbonyl (C=O) groups excluding carboxylic acids is 3. The first-order valence-corrected chi connectivity index (χ1v) is 7.68. The van der Waals surface area contributed by atoms with E-state index in [1.54, 1.807) is 24.3 Å². The third-order valence-corrected chi connectivity index (χ3v) is 3.18. The maximum atomic E-state index is 11.8. The highest BCUT2D eigenvalue weighted by atomic mass is 79.9. The highest BCUT2D eigenvalue weighted by Gasteiger charge is 2.08. The summed E-state index contributed by atoms with van der Waals surface area (Å²) < 4.78 is 0.861. The van der Waals surface area contributed by atoms with Gasteiger partial charge in [0.05, 0.1) is 6.54 Å². The van der Waals surface area contributed by atoms with E-state index in [-0.39, 0.29) is 12.5 Å². The lowest BCUT2D eigenvalue weighted by Gasteiger charge is -2.09. The molecule has 4 amide bonds. The van der Waals surface area contributed by atoms with Gasteiger partial charge in [-0.25, -0.2) is 10.2 Å². The molecule has 0 radical (unpaired) electrons. The molecule has 1 aromatic carbocycles. The third-order valence-electron chi connectivity index (χ3n) is 2.65. The molecule has 0 heterocycles. The van der Waals surface area contributed by atoms with Crippen LogP contribution in [0.4, 0.5) is 4.79 Å². The number of hydrogen-bond acceptors (Lipinski definition) is 3. The fraction of sp³-hybridized carbons (Fsp3) is 0.357. The van der Waals surface area contributed by atoms with E-state index >= 15 is 0 Å². The maximum absolute atomic E-state index is 11.8. The number of hydrazine groups is 1. The van der Waals surface area contributed by atoms with Crippen LogP contribution in [-0.2, 0) is 4.79 Å². The van der Waals surface area contributed by atoms with Crippen LogP contribution in [0.3, 0.4) is 0 Å². The van der Waals surface area contributed by atoms with Gasteiger partial charge in [0.25, 0.3) is 11.8 Å². The number of rotatable bonds is 6. The summed E-state index contributed by atoms with van der Waals surface area (Å²) in [6.07, 6.45) is 1.83. The molecule has 4 N–H and O–H groups in total. The minimum Gasteiger partial charge on any atom is -0.343 e. The zero-order chi connectivity index (χ0) is 16.4. The summed E-state index contributed by atoms with van der Waals surface area (Å²) in [7, 11) is 0. The lowest BCUT2D eigenvalue weighted by Crippen LogP contribution is -2.50. The zero-order valence-corrected chi connectivity index (χ0v) is 13.8. The molecule has 22 heavy (non-hydrogen) atoms. The lowest BCUT2D eigenvalue weighted by atomic mass is 10.2. The van der Waals surface area contributed by atoms with Gasteiger partial charge in [0.15, 0.2) is 0 Å². The molecule has 0 aliphatic rings. The van der Waals surface area contributed by atoms with Crippen molar-refractivity contribution in [3.63, 3.8) is 0 Å². The van der Waals surface area contributed by atoms with Gasteiger partial charge in [-0.3, -0.25) is 15.0 Å². The Hall–Kier alpha value is -2.09. The Kier molecular flexibility index (Phi) is 7.98. The molecule has 0 unspecified atom stereocenters. The quantitative estimate of drug-likeness (QED) is 0.448. The Morgan fingerprint density at radius 1 is 1.05 bits per heavy atom. The molecule has 0 saturated carbocycles. The van der Waals surface area contributed by atoms with Crippen LogP contribution >= 0.6 is 15.9 Å². The second kappa shape index (κ2) is 9.78. The normalized spacial score (nSPS) is 9.73. The number of benzene rings is 1. The lowest BCUT2D eigenvalue weighted by molar-refractivity contribution is -0.120. The van der Waals surface area contributed by atoms with Crippen LogP contribution in [-0.4, -0.2) is 30.9 Å². The second-order valence-electron chi connectivity index (χ2n) is 4.47. The number of halogens is 1. The predicted octanol–water partition coefficient (Wildman–Crippen LogP) is 1.31. The summed E-state index contributed by atoms with van der Waals surface area (Å²) in [4.78, 5) is 34.5. The molecule has 120 valence electrons. The first-order valence-electron chi connectivity index (χ1n) is 6.89. The smallest absolute Gasteiger partial charge is 0.333 e. The van der Waals surface area contributed by atoms with E-state index in [9.17, 15) is 14.4 Å². The Balaban J connectivity index is 2.24. The summed E-state index contributed by atoms with van der Waals surface area (Å²) in [5.74, 6) is -0.883. The van der Waals surface area contributed by atoms with Crippen LogP contribution in [0.5, 0.6) is 0 Å². The molecular weight excluding hydrogens is 352 g/mol. The average molecular weight is 371 g/mol. The van der Waals surface area contributed by atoms with Crippen molar-refractivity contribution in [2.24, 2.45) is 0 Å². The van der Waals surface area contributed by atoms with E-state index in [0.717, 1.165) is 17.3 Å². The van der Waals surface area contributed by atoms with Crippen molar-refractivity contribution < 1.29 is 14.4 Å². The Labute approximate surface area is 137 Å². The Morgan fingerprint density at radius 3 is 2.36 bits per heavy atom. The summed E-state index contributed by atoms with van der Waals surface area (Å²) >= 11 is 3.27. The SMILES string of the molecule is CCCCNC(=O)NNC(=O)CNC(=O)c1ccc(Br)cc1. The van der Waals surface area contributed by atoms with Crippen molar-refractivity contribution in [2.75, 3.05) is 13.1 Å². The number of urea groups is 1. The molecule has 0 fully saturated rings. The first-order chi connectivity index (χ1) is 10.5. The van der Waals surface area contributed by atoms with Gasteiger partial charge in [-0.15, -0.1) is 0 Å². The number of hydrogen-bond donors (Lipinski definition) is 4. The van der Waals surface area contributed by atoms with E-state index in [1.807, 2.05) is 6.92 Å². The minimum absolute atomic E-state index is 0.232. The van der Waals surface area contributed by atoms with Gasteiger partial charge in [0.1, 0.15) is 0 Å². The van der Waals surface area contributed by atoms with E-state index in [4.69, 9.17) is 0 Å². The molecule has 1 rings (SSSR count). The van der Waals surface area contributed by atoms with Crippen LogP contribution in [0, 0.1) is 0 Å². The Morgan fingerprint density at radius 2 is 1.73 bits per heavy atom. The van der Waals surface area contributed by atoms with Crippen molar-refractivity contribution in [3.05, 3.63) is 34.3 Å². The second-order valence-corrected chi connectivity index (χ2v) is 5.39. The van der Waals surface area contributed by atoms with Crippen LogP contribution in [0.25, 0.3) is 0 Å². The Bertz CT molecular complexity index is 519. The highest BCUT2D eigenvalue weighted by Crippen LogP contribution is 2.10. The number of nitrogens with one attached hydrogen (secondary N) is 4. The van der Waals surface area contributed by atoms with Crippen molar-refractivity contribution in [1.29, 1.82) is 0 Å². The molecule has 7 nitrogen and oxygen atoms in total. The van der Waals surface area contributed by atoms with Gasteiger partial charge < -0.3 is 10.6 Å².